The van der Waals surface area contributed by atoms with E-state index in [4.69, 9.17) is 17.0 Å². The fraction of sp³-hybridized carbons (Fsp3) is 0.429. The van der Waals surface area contributed by atoms with E-state index < -0.39 is 0 Å². The van der Waals surface area contributed by atoms with Gasteiger partial charge >= 0.3 is 0 Å². The second kappa shape index (κ2) is 6.52. The van der Waals surface area contributed by atoms with Gasteiger partial charge in [-0.1, -0.05) is 6.07 Å². The Hall–Kier alpha value is -1.62. The van der Waals surface area contributed by atoms with Crippen LogP contribution in [-0.2, 0) is 0 Å². The number of rotatable bonds is 3. The van der Waals surface area contributed by atoms with Crippen molar-refractivity contribution in [3.63, 3.8) is 0 Å². The summed E-state index contributed by atoms with van der Waals surface area (Å²) < 4.78 is 5.38. The van der Waals surface area contributed by atoms with E-state index >= 15 is 0 Å². The minimum atomic E-state index is -0.182. The molecule has 1 aliphatic heterocycles. The molecule has 0 radical (unpaired) electrons. The smallest absolute Gasteiger partial charge is 0.257 e. The van der Waals surface area contributed by atoms with Gasteiger partial charge in [0.05, 0.1) is 6.61 Å². The summed E-state index contributed by atoms with van der Waals surface area (Å²) in [5.74, 6) is 0.515. The van der Waals surface area contributed by atoms with E-state index in [9.17, 15) is 4.79 Å². The first-order chi connectivity index (χ1) is 9.20. The van der Waals surface area contributed by atoms with Crippen LogP contribution in [0.5, 0.6) is 5.75 Å². The van der Waals surface area contributed by atoms with E-state index in [1.165, 1.54) is 0 Å². The van der Waals surface area contributed by atoms with Crippen molar-refractivity contribution >= 4 is 23.2 Å². The van der Waals surface area contributed by atoms with Crippen molar-refractivity contribution in [2.24, 2.45) is 0 Å². The quantitative estimate of drug-likeness (QED) is 0.861. The highest BCUT2D eigenvalue weighted by atomic mass is 32.1. The van der Waals surface area contributed by atoms with Crippen LogP contribution in [-0.4, -0.2) is 35.6 Å². The maximum absolute atomic E-state index is 12.1. The van der Waals surface area contributed by atoms with Crippen molar-refractivity contribution < 1.29 is 9.53 Å². The largest absolute Gasteiger partial charge is 0.494 e. The van der Waals surface area contributed by atoms with Crippen LogP contribution in [0.3, 0.4) is 0 Å². The fourth-order valence-corrected chi connectivity index (χ4v) is 2.34. The Bertz CT molecular complexity index is 470. The number of nitrogens with zero attached hydrogens (tertiary/aromatic N) is 1. The highest BCUT2D eigenvalue weighted by molar-refractivity contribution is 7.80. The molecule has 2 rings (SSSR count). The molecule has 1 aliphatic rings. The third kappa shape index (κ3) is 3.67. The van der Waals surface area contributed by atoms with Crippen molar-refractivity contribution in [2.75, 3.05) is 19.7 Å². The molecule has 1 N–H and O–H groups in total. The SMILES string of the molecule is CCOc1cccc(C(=O)NC(=S)N2CCCC2)c1. The van der Waals surface area contributed by atoms with Gasteiger partial charge in [0.25, 0.3) is 5.91 Å². The third-order valence-electron chi connectivity index (χ3n) is 3.02. The van der Waals surface area contributed by atoms with E-state index in [-0.39, 0.29) is 5.91 Å². The molecule has 1 saturated heterocycles. The lowest BCUT2D eigenvalue weighted by Gasteiger charge is -2.18. The van der Waals surface area contributed by atoms with Gasteiger partial charge in [-0.15, -0.1) is 0 Å². The van der Waals surface area contributed by atoms with Gasteiger partial charge in [0.1, 0.15) is 5.75 Å². The molecule has 0 aliphatic carbocycles. The van der Waals surface area contributed by atoms with Crippen molar-refractivity contribution in [1.82, 2.24) is 10.2 Å². The van der Waals surface area contributed by atoms with Gasteiger partial charge < -0.3 is 9.64 Å². The number of benzene rings is 1. The van der Waals surface area contributed by atoms with Crippen LogP contribution in [0.2, 0.25) is 0 Å². The summed E-state index contributed by atoms with van der Waals surface area (Å²) in [6.45, 7) is 4.35. The molecule has 4 nitrogen and oxygen atoms in total. The van der Waals surface area contributed by atoms with E-state index in [0.717, 1.165) is 25.9 Å². The molecule has 1 heterocycles. The normalized spacial score (nSPS) is 14.3. The van der Waals surface area contributed by atoms with Gasteiger partial charge in [0.2, 0.25) is 0 Å². The number of hydrogen-bond acceptors (Lipinski definition) is 3. The highest BCUT2D eigenvalue weighted by Crippen LogP contribution is 2.13. The van der Waals surface area contributed by atoms with Gasteiger partial charge in [-0.05, 0) is 50.2 Å². The van der Waals surface area contributed by atoms with Gasteiger partial charge in [0, 0.05) is 18.7 Å². The lowest BCUT2D eigenvalue weighted by molar-refractivity contribution is 0.0973. The number of amides is 1. The predicted molar refractivity (Wildman–Crippen MR) is 78.5 cm³/mol. The number of carbonyl (C=O) groups is 1. The van der Waals surface area contributed by atoms with Crippen molar-refractivity contribution in [2.45, 2.75) is 19.8 Å². The minimum Gasteiger partial charge on any atom is -0.494 e. The Labute approximate surface area is 118 Å². The molecule has 1 aromatic rings. The second-order valence-electron chi connectivity index (χ2n) is 4.41. The summed E-state index contributed by atoms with van der Waals surface area (Å²) in [5.41, 5.74) is 0.562. The molecule has 0 spiro atoms. The lowest BCUT2D eigenvalue weighted by atomic mass is 10.2. The molecule has 0 aromatic heterocycles. The molecule has 1 fully saturated rings. The van der Waals surface area contributed by atoms with E-state index in [2.05, 4.69) is 5.32 Å². The van der Waals surface area contributed by atoms with E-state index in [0.29, 0.717) is 23.0 Å². The maximum Gasteiger partial charge on any atom is 0.257 e. The van der Waals surface area contributed by atoms with Crippen LogP contribution in [0.15, 0.2) is 24.3 Å². The Kier molecular flexibility index (Phi) is 4.74. The van der Waals surface area contributed by atoms with E-state index in [1.54, 1.807) is 18.2 Å². The van der Waals surface area contributed by atoms with Crippen molar-refractivity contribution in [3.05, 3.63) is 29.8 Å². The van der Waals surface area contributed by atoms with Gasteiger partial charge in [-0.2, -0.15) is 0 Å². The summed E-state index contributed by atoms with van der Waals surface area (Å²) in [5, 5.41) is 3.29. The molecule has 0 bridgehead atoms. The highest BCUT2D eigenvalue weighted by Gasteiger charge is 2.17. The Balaban J connectivity index is 1.98. The standard InChI is InChI=1S/C14H18N2O2S/c1-2-18-12-7-5-6-11(10-12)13(17)15-14(19)16-8-3-4-9-16/h5-7,10H,2-4,8-9H2,1H3,(H,15,17,19). The van der Waals surface area contributed by atoms with Gasteiger partial charge in [0.15, 0.2) is 5.11 Å². The zero-order chi connectivity index (χ0) is 13.7. The number of ether oxygens (including phenoxy) is 1. The molecule has 0 saturated carbocycles. The first kappa shape index (κ1) is 13.8. The van der Waals surface area contributed by atoms with Crippen LogP contribution in [0.1, 0.15) is 30.1 Å². The minimum absolute atomic E-state index is 0.182. The van der Waals surface area contributed by atoms with Crippen LogP contribution in [0.25, 0.3) is 0 Å². The number of hydrogen-bond donors (Lipinski definition) is 1. The Morgan fingerprint density at radius 2 is 2.16 bits per heavy atom. The molecule has 0 unspecified atom stereocenters. The first-order valence-corrected chi connectivity index (χ1v) is 6.94. The molecule has 19 heavy (non-hydrogen) atoms. The fourth-order valence-electron chi connectivity index (χ4n) is 2.06. The first-order valence-electron chi connectivity index (χ1n) is 6.54. The average molecular weight is 278 g/mol. The topological polar surface area (TPSA) is 41.6 Å². The summed E-state index contributed by atoms with van der Waals surface area (Å²) in [6.07, 6.45) is 2.27. The number of thiocarbonyl (C=S) groups is 1. The summed E-state index contributed by atoms with van der Waals surface area (Å²) >= 11 is 5.24. The second-order valence-corrected chi connectivity index (χ2v) is 4.80. The van der Waals surface area contributed by atoms with Crippen LogP contribution >= 0.6 is 12.2 Å². The van der Waals surface area contributed by atoms with Gasteiger partial charge in [-0.3, -0.25) is 10.1 Å². The average Bonchev–Trinajstić information content (AvgIpc) is 2.93. The van der Waals surface area contributed by atoms with Crippen molar-refractivity contribution in [1.29, 1.82) is 0 Å². The molecular formula is C14H18N2O2S. The predicted octanol–water partition coefficient (Wildman–Crippen LogP) is 2.20. The summed E-state index contributed by atoms with van der Waals surface area (Å²) in [7, 11) is 0. The molecule has 5 heteroatoms. The Morgan fingerprint density at radius 1 is 1.42 bits per heavy atom. The van der Waals surface area contributed by atoms with Gasteiger partial charge in [-0.25, -0.2) is 0 Å². The Morgan fingerprint density at radius 3 is 2.84 bits per heavy atom. The molecule has 1 amide bonds. The zero-order valence-electron chi connectivity index (χ0n) is 11.0. The maximum atomic E-state index is 12.1. The zero-order valence-corrected chi connectivity index (χ0v) is 11.8. The van der Waals surface area contributed by atoms with Crippen molar-refractivity contribution in [3.8, 4) is 5.75 Å². The number of carbonyl (C=O) groups excluding carboxylic acids is 1. The molecule has 0 atom stereocenters. The molecule has 1 aromatic carbocycles. The van der Waals surface area contributed by atoms with Crippen LogP contribution < -0.4 is 10.1 Å². The van der Waals surface area contributed by atoms with E-state index in [1.807, 2.05) is 17.9 Å². The number of nitrogens with one attached hydrogen (secondary N) is 1. The monoisotopic (exact) mass is 278 g/mol. The molecular weight excluding hydrogens is 260 g/mol. The summed E-state index contributed by atoms with van der Waals surface area (Å²) in [6, 6.07) is 7.12. The lowest BCUT2D eigenvalue weighted by Crippen LogP contribution is -2.41. The third-order valence-corrected chi connectivity index (χ3v) is 3.38. The molecule has 102 valence electrons. The van der Waals surface area contributed by atoms with Crippen LogP contribution in [0.4, 0.5) is 0 Å². The number of likely N-dealkylation sites (tertiary alicyclic amines) is 1. The van der Waals surface area contributed by atoms with Crippen LogP contribution in [0, 0.1) is 0 Å². The summed E-state index contributed by atoms with van der Waals surface area (Å²) in [4.78, 5) is 14.1.